The van der Waals surface area contributed by atoms with Crippen molar-refractivity contribution in [2.24, 2.45) is 0 Å². The largest absolute Gasteiger partial charge is 0.338 e. The summed E-state index contributed by atoms with van der Waals surface area (Å²) < 4.78 is 2.13. The molecule has 0 aliphatic rings. The van der Waals surface area contributed by atoms with E-state index in [4.69, 9.17) is 0 Å². The van der Waals surface area contributed by atoms with Crippen LogP contribution in [0.15, 0.2) is 24.3 Å². The van der Waals surface area contributed by atoms with E-state index >= 15 is 0 Å². The quantitative estimate of drug-likeness (QED) is 0.795. The molecule has 20 heavy (non-hydrogen) atoms. The molecule has 0 bridgehead atoms. The third-order valence-electron chi connectivity index (χ3n) is 3.28. The van der Waals surface area contributed by atoms with Gasteiger partial charge in [-0.15, -0.1) is 0 Å². The number of nitrogens with zero attached hydrogens (tertiary/aromatic N) is 2. The molecule has 5 nitrogen and oxygen atoms in total. The maximum absolute atomic E-state index is 11.5. The van der Waals surface area contributed by atoms with E-state index in [-0.39, 0.29) is 6.03 Å². The van der Waals surface area contributed by atoms with Crippen LogP contribution in [0.5, 0.6) is 0 Å². The van der Waals surface area contributed by atoms with Crippen molar-refractivity contribution in [2.75, 3.05) is 13.1 Å². The number of benzene rings is 1. The molecule has 1 heterocycles. The monoisotopic (exact) mass is 274 g/mol. The van der Waals surface area contributed by atoms with Gasteiger partial charge in [0.05, 0.1) is 11.0 Å². The highest BCUT2D eigenvalue weighted by molar-refractivity contribution is 5.76. The van der Waals surface area contributed by atoms with Crippen molar-refractivity contribution in [3.8, 4) is 0 Å². The fraction of sp³-hybridized carbons (Fsp3) is 0.467. The van der Waals surface area contributed by atoms with E-state index in [0.717, 1.165) is 42.8 Å². The summed E-state index contributed by atoms with van der Waals surface area (Å²) in [5, 5.41) is 5.71. The number of rotatable bonds is 6. The van der Waals surface area contributed by atoms with E-state index < -0.39 is 0 Å². The molecule has 0 radical (unpaired) electrons. The molecule has 0 unspecified atom stereocenters. The topological polar surface area (TPSA) is 59.0 Å². The summed E-state index contributed by atoms with van der Waals surface area (Å²) in [7, 11) is 0. The van der Waals surface area contributed by atoms with E-state index in [1.54, 1.807) is 0 Å². The molecule has 2 aromatic rings. The van der Waals surface area contributed by atoms with Crippen LogP contribution in [0.4, 0.5) is 4.79 Å². The van der Waals surface area contributed by atoms with Crippen molar-refractivity contribution in [1.82, 2.24) is 20.2 Å². The number of imidazole rings is 1. The molecule has 1 aromatic heterocycles. The molecular formula is C15H22N4O. The lowest BCUT2D eigenvalue weighted by atomic mass is 10.3. The Balaban J connectivity index is 1.87. The zero-order valence-corrected chi connectivity index (χ0v) is 12.1. The molecule has 0 saturated heterocycles. The average Bonchev–Trinajstić information content (AvgIpc) is 2.75. The number of carbonyl (C=O) groups is 1. The highest BCUT2D eigenvalue weighted by atomic mass is 16.2. The van der Waals surface area contributed by atoms with Crippen LogP contribution < -0.4 is 10.6 Å². The first-order valence-electron chi connectivity index (χ1n) is 7.16. The van der Waals surface area contributed by atoms with Crippen LogP contribution in [-0.4, -0.2) is 28.7 Å². The van der Waals surface area contributed by atoms with Crippen LogP contribution in [0.2, 0.25) is 0 Å². The van der Waals surface area contributed by atoms with Crippen molar-refractivity contribution in [3.05, 3.63) is 30.1 Å². The van der Waals surface area contributed by atoms with Crippen LogP contribution in [0, 0.1) is 6.92 Å². The third kappa shape index (κ3) is 3.50. The smallest absolute Gasteiger partial charge is 0.314 e. The van der Waals surface area contributed by atoms with Gasteiger partial charge in [-0.05, 0) is 25.5 Å². The normalized spacial score (nSPS) is 10.7. The van der Waals surface area contributed by atoms with Crippen LogP contribution in [-0.2, 0) is 6.54 Å². The standard InChI is InChI=1S/C15H22N4O/c1-3-4-9-16-15(20)17-10-11-19-12(2)18-13-7-5-6-8-14(13)19/h5-8H,3-4,9-11H2,1-2H3,(H2,16,17,20). The van der Waals surface area contributed by atoms with Gasteiger partial charge in [0.25, 0.3) is 0 Å². The van der Waals surface area contributed by atoms with Gasteiger partial charge in [0.1, 0.15) is 5.82 Å². The van der Waals surface area contributed by atoms with Gasteiger partial charge in [-0.3, -0.25) is 0 Å². The minimum Gasteiger partial charge on any atom is -0.338 e. The number of aryl methyl sites for hydroxylation is 1. The summed E-state index contributed by atoms with van der Waals surface area (Å²) in [6, 6.07) is 7.95. The van der Waals surface area contributed by atoms with E-state index in [1.165, 1.54) is 0 Å². The second kappa shape index (κ2) is 6.93. The molecule has 108 valence electrons. The highest BCUT2D eigenvalue weighted by Crippen LogP contribution is 2.14. The number of para-hydroxylation sites is 2. The summed E-state index contributed by atoms with van der Waals surface area (Å²) >= 11 is 0. The second-order valence-corrected chi connectivity index (χ2v) is 4.84. The number of aromatic nitrogens is 2. The van der Waals surface area contributed by atoms with Crippen LogP contribution in [0.3, 0.4) is 0 Å². The predicted octanol–water partition coefficient (Wildman–Crippen LogP) is 2.44. The van der Waals surface area contributed by atoms with E-state index in [0.29, 0.717) is 6.54 Å². The number of nitrogens with one attached hydrogen (secondary N) is 2. The number of hydrogen-bond acceptors (Lipinski definition) is 2. The zero-order valence-electron chi connectivity index (χ0n) is 12.1. The Morgan fingerprint density at radius 3 is 2.80 bits per heavy atom. The molecule has 1 aromatic carbocycles. The van der Waals surface area contributed by atoms with Crippen LogP contribution in [0.25, 0.3) is 11.0 Å². The van der Waals surface area contributed by atoms with Crippen LogP contribution in [0.1, 0.15) is 25.6 Å². The number of fused-ring (bicyclic) bond motifs is 1. The summed E-state index contributed by atoms with van der Waals surface area (Å²) in [5.74, 6) is 0.972. The predicted molar refractivity (Wildman–Crippen MR) is 80.8 cm³/mol. The SMILES string of the molecule is CCCCNC(=O)NCCn1c(C)nc2ccccc21. The number of carbonyl (C=O) groups excluding carboxylic acids is 1. The molecule has 2 N–H and O–H groups in total. The van der Waals surface area contributed by atoms with Gasteiger partial charge in [-0.1, -0.05) is 25.5 Å². The molecule has 0 aliphatic carbocycles. The Labute approximate surface area is 119 Å². The van der Waals surface area contributed by atoms with Crippen molar-refractivity contribution in [3.63, 3.8) is 0 Å². The van der Waals surface area contributed by atoms with Crippen molar-refractivity contribution >= 4 is 17.1 Å². The third-order valence-corrected chi connectivity index (χ3v) is 3.28. The summed E-state index contributed by atoms with van der Waals surface area (Å²) in [4.78, 5) is 16.1. The minimum atomic E-state index is -0.0967. The molecule has 2 amide bonds. The van der Waals surface area contributed by atoms with Gasteiger partial charge >= 0.3 is 6.03 Å². The molecule has 0 atom stereocenters. The van der Waals surface area contributed by atoms with Crippen molar-refractivity contribution in [1.29, 1.82) is 0 Å². The molecule has 5 heteroatoms. The first-order chi connectivity index (χ1) is 9.72. The van der Waals surface area contributed by atoms with E-state index in [9.17, 15) is 4.79 Å². The first-order valence-corrected chi connectivity index (χ1v) is 7.16. The van der Waals surface area contributed by atoms with E-state index in [1.807, 2.05) is 25.1 Å². The molecule has 0 spiro atoms. The van der Waals surface area contributed by atoms with Gasteiger partial charge in [-0.25, -0.2) is 9.78 Å². The van der Waals surface area contributed by atoms with Crippen molar-refractivity contribution in [2.45, 2.75) is 33.2 Å². The molecule has 0 saturated carbocycles. The molecule has 0 fully saturated rings. The number of urea groups is 1. The maximum Gasteiger partial charge on any atom is 0.314 e. The summed E-state index contributed by atoms with van der Waals surface area (Å²) in [5.41, 5.74) is 2.11. The Morgan fingerprint density at radius 1 is 1.25 bits per heavy atom. The lowest BCUT2D eigenvalue weighted by molar-refractivity contribution is 0.240. The first kappa shape index (κ1) is 14.4. The van der Waals surface area contributed by atoms with Gasteiger partial charge in [-0.2, -0.15) is 0 Å². The lowest BCUT2D eigenvalue weighted by Gasteiger charge is -2.09. The van der Waals surface area contributed by atoms with Gasteiger partial charge in [0, 0.05) is 19.6 Å². The summed E-state index contributed by atoms with van der Waals surface area (Å²) in [6.07, 6.45) is 2.10. The molecular weight excluding hydrogens is 252 g/mol. The van der Waals surface area contributed by atoms with Crippen molar-refractivity contribution < 1.29 is 4.79 Å². The fourth-order valence-corrected chi connectivity index (χ4v) is 2.20. The van der Waals surface area contributed by atoms with Gasteiger partial charge in [0.15, 0.2) is 0 Å². The number of unbranched alkanes of at least 4 members (excludes halogenated alkanes) is 1. The minimum absolute atomic E-state index is 0.0967. The van der Waals surface area contributed by atoms with Gasteiger partial charge in [0.2, 0.25) is 0 Å². The lowest BCUT2D eigenvalue weighted by Crippen LogP contribution is -2.37. The number of hydrogen-bond donors (Lipinski definition) is 2. The van der Waals surface area contributed by atoms with Gasteiger partial charge < -0.3 is 15.2 Å². The number of amides is 2. The van der Waals surface area contributed by atoms with Crippen LogP contribution >= 0.6 is 0 Å². The maximum atomic E-state index is 11.5. The Bertz CT molecular complexity index is 576. The Kier molecular flexibility index (Phi) is 4.98. The summed E-state index contributed by atoms with van der Waals surface area (Å²) in [6.45, 7) is 6.15. The second-order valence-electron chi connectivity index (χ2n) is 4.84. The Hall–Kier alpha value is -2.04. The Morgan fingerprint density at radius 2 is 2.00 bits per heavy atom. The molecule has 2 rings (SSSR count). The fourth-order valence-electron chi connectivity index (χ4n) is 2.20. The molecule has 0 aliphatic heterocycles. The average molecular weight is 274 g/mol. The van der Waals surface area contributed by atoms with E-state index in [2.05, 4.69) is 33.2 Å². The highest BCUT2D eigenvalue weighted by Gasteiger charge is 2.06. The zero-order chi connectivity index (χ0) is 14.4.